The minimum absolute atomic E-state index is 0.105. The minimum atomic E-state index is -3.71. The van der Waals surface area contributed by atoms with Gasteiger partial charge >= 0.3 is 0 Å². The predicted octanol–water partition coefficient (Wildman–Crippen LogP) is 0.785. The van der Waals surface area contributed by atoms with Gasteiger partial charge in [-0.2, -0.15) is 4.31 Å². The van der Waals surface area contributed by atoms with E-state index in [0.717, 1.165) is 0 Å². The van der Waals surface area contributed by atoms with E-state index in [1.807, 2.05) is 4.90 Å². The van der Waals surface area contributed by atoms with E-state index in [0.29, 0.717) is 23.8 Å². The van der Waals surface area contributed by atoms with Gasteiger partial charge in [0.25, 0.3) is 5.91 Å². The van der Waals surface area contributed by atoms with Crippen LogP contribution in [-0.4, -0.2) is 66.8 Å². The van der Waals surface area contributed by atoms with Crippen LogP contribution in [0.4, 0.5) is 5.00 Å². The largest absolute Gasteiger partial charge is 0.366 e. The Morgan fingerprint density at radius 1 is 1.28 bits per heavy atom. The van der Waals surface area contributed by atoms with Gasteiger partial charge in [-0.25, -0.2) is 8.42 Å². The first kappa shape index (κ1) is 21.4. The Labute approximate surface area is 172 Å². The zero-order valence-electron chi connectivity index (χ0n) is 16.3. The quantitative estimate of drug-likeness (QED) is 0.675. The third kappa shape index (κ3) is 4.20. The molecule has 2 amide bonds. The van der Waals surface area contributed by atoms with Crippen molar-refractivity contribution in [2.75, 3.05) is 31.5 Å². The van der Waals surface area contributed by atoms with E-state index in [-0.39, 0.29) is 35.2 Å². The Morgan fingerprint density at radius 3 is 2.48 bits per heavy atom. The molecule has 1 aliphatic heterocycles. The SMILES string of the molecule is Cc1noc(C)c1S(=O)(=O)N1CCN([C@@H](C)C(=O)Nc2sccc2C(N)=O)CC1. The number of carbonyl (C=O) groups excluding carboxylic acids is 2. The van der Waals surface area contributed by atoms with E-state index < -0.39 is 22.0 Å². The van der Waals surface area contributed by atoms with Gasteiger partial charge in [0, 0.05) is 26.2 Å². The number of nitrogens with two attached hydrogens (primary N) is 1. The molecule has 3 N–H and O–H groups in total. The van der Waals surface area contributed by atoms with Crippen LogP contribution >= 0.6 is 11.3 Å². The average Bonchev–Trinajstić information content (AvgIpc) is 3.27. The van der Waals surface area contributed by atoms with Crippen LogP contribution in [0.3, 0.4) is 0 Å². The Bertz CT molecular complexity index is 1000. The molecule has 2 aromatic rings. The van der Waals surface area contributed by atoms with Gasteiger partial charge in [-0.3, -0.25) is 14.5 Å². The summed E-state index contributed by atoms with van der Waals surface area (Å²) in [7, 11) is -3.71. The molecule has 1 fully saturated rings. The van der Waals surface area contributed by atoms with Gasteiger partial charge in [0.05, 0.1) is 11.6 Å². The molecule has 3 rings (SSSR count). The summed E-state index contributed by atoms with van der Waals surface area (Å²) in [6.07, 6.45) is 0. The maximum absolute atomic E-state index is 12.9. The van der Waals surface area contributed by atoms with Crippen LogP contribution in [0, 0.1) is 13.8 Å². The number of aromatic nitrogens is 1. The minimum Gasteiger partial charge on any atom is -0.366 e. The second kappa shape index (κ2) is 8.22. The highest BCUT2D eigenvalue weighted by Crippen LogP contribution is 2.25. The van der Waals surface area contributed by atoms with E-state index in [4.69, 9.17) is 10.3 Å². The van der Waals surface area contributed by atoms with Gasteiger partial charge in [0.2, 0.25) is 15.9 Å². The summed E-state index contributed by atoms with van der Waals surface area (Å²) in [5, 5.41) is 8.55. The van der Waals surface area contributed by atoms with E-state index in [2.05, 4.69) is 10.5 Å². The maximum Gasteiger partial charge on any atom is 0.251 e. The maximum atomic E-state index is 12.9. The molecule has 0 bridgehead atoms. The van der Waals surface area contributed by atoms with Crippen molar-refractivity contribution in [3.05, 3.63) is 28.5 Å². The summed E-state index contributed by atoms with van der Waals surface area (Å²) in [5.74, 6) is -0.622. The van der Waals surface area contributed by atoms with Crippen molar-refractivity contribution in [3.63, 3.8) is 0 Å². The highest BCUT2D eigenvalue weighted by molar-refractivity contribution is 7.89. The van der Waals surface area contributed by atoms with Crippen LogP contribution in [0.2, 0.25) is 0 Å². The Kier molecular flexibility index (Phi) is 6.08. The summed E-state index contributed by atoms with van der Waals surface area (Å²) in [6.45, 7) is 6.18. The van der Waals surface area contributed by atoms with Crippen LogP contribution in [0.25, 0.3) is 0 Å². The summed E-state index contributed by atoms with van der Waals surface area (Å²) in [6, 6.07) is 1.06. The lowest BCUT2D eigenvalue weighted by Gasteiger charge is -2.36. The Hall–Kier alpha value is -2.28. The first-order valence-corrected chi connectivity index (χ1v) is 11.3. The molecule has 12 heteroatoms. The van der Waals surface area contributed by atoms with Crippen molar-refractivity contribution in [1.82, 2.24) is 14.4 Å². The van der Waals surface area contributed by atoms with E-state index in [1.54, 1.807) is 32.2 Å². The van der Waals surface area contributed by atoms with Crippen molar-refractivity contribution >= 4 is 38.2 Å². The van der Waals surface area contributed by atoms with Crippen LogP contribution in [0.5, 0.6) is 0 Å². The lowest BCUT2D eigenvalue weighted by Crippen LogP contribution is -2.54. The topological polar surface area (TPSA) is 139 Å². The molecule has 1 saturated heterocycles. The fourth-order valence-electron chi connectivity index (χ4n) is 3.29. The molecule has 0 unspecified atom stereocenters. The number of hydrogen-bond acceptors (Lipinski definition) is 8. The molecule has 29 heavy (non-hydrogen) atoms. The van der Waals surface area contributed by atoms with Gasteiger partial charge in [0.1, 0.15) is 15.6 Å². The standard InChI is InChI=1S/C17H23N5O5S2/c1-10-14(12(3)27-20-10)29(25,26)22-7-5-21(6-8-22)11(2)16(24)19-17-13(15(18)23)4-9-28-17/h4,9,11H,5-8H2,1-3H3,(H2,18,23)(H,19,24)/t11-/m0/s1. The normalized spacial score (nSPS) is 17.2. The summed E-state index contributed by atoms with van der Waals surface area (Å²) in [4.78, 5) is 26.0. The first-order valence-electron chi connectivity index (χ1n) is 8.98. The zero-order chi connectivity index (χ0) is 21.3. The molecule has 2 aromatic heterocycles. The first-order chi connectivity index (χ1) is 13.6. The number of rotatable bonds is 6. The lowest BCUT2D eigenvalue weighted by molar-refractivity contribution is -0.121. The average molecular weight is 442 g/mol. The number of carbonyl (C=O) groups is 2. The Morgan fingerprint density at radius 2 is 1.93 bits per heavy atom. The number of sulfonamides is 1. The fourth-order valence-corrected chi connectivity index (χ4v) is 5.79. The monoisotopic (exact) mass is 441 g/mol. The second-order valence-electron chi connectivity index (χ2n) is 6.79. The van der Waals surface area contributed by atoms with Crippen LogP contribution in [-0.2, 0) is 14.8 Å². The number of nitrogens with zero attached hydrogens (tertiary/aromatic N) is 3. The summed E-state index contributed by atoms with van der Waals surface area (Å²) >= 11 is 1.22. The molecular formula is C17H23N5O5S2. The highest BCUT2D eigenvalue weighted by atomic mass is 32.2. The van der Waals surface area contributed by atoms with Crippen molar-refractivity contribution in [2.24, 2.45) is 5.73 Å². The summed E-state index contributed by atoms with van der Waals surface area (Å²) < 4.78 is 32.2. The van der Waals surface area contributed by atoms with Gasteiger partial charge in [-0.1, -0.05) is 5.16 Å². The van der Waals surface area contributed by atoms with E-state index in [9.17, 15) is 18.0 Å². The van der Waals surface area contributed by atoms with Crippen molar-refractivity contribution in [3.8, 4) is 0 Å². The molecule has 3 heterocycles. The fraction of sp³-hybridized carbons (Fsp3) is 0.471. The third-order valence-electron chi connectivity index (χ3n) is 4.93. The number of piperazine rings is 1. The number of anilines is 1. The molecule has 0 aromatic carbocycles. The lowest BCUT2D eigenvalue weighted by atomic mass is 10.2. The molecule has 0 spiro atoms. The smallest absolute Gasteiger partial charge is 0.251 e. The van der Waals surface area contributed by atoms with Gasteiger partial charge < -0.3 is 15.6 Å². The van der Waals surface area contributed by atoms with E-state index >= 15 is 0 Å². The number of thiophene rings is 1. The van der Waals surface area contributed by atoms with Gasteiger partial charge in [0.15, 0.2) is 5.76 Å². The molecule has 10 nitrogen and oxygen atoms in total. The third-order valence-corrected chi connectivity index (χ3v) is 7.91. The summed E-state index contributed by atoms with van der Waals surface area (Å²) in [5.41, 5.74) is 5.91. The molecule has 0 saturated carbocycles. The number of hydrogen-bond donors (Lipinski definition) is 2. The van der Waals surface area contributed by atoms with Gasteiger partial charge in [-0.05, 0) is 32.2 Å². The highest BCUT2D eigenvalue weighted by Gasteiger charge is 2.35. The van der Waals surface area contributed by atoms with Crippen LogP contribution < -0.4 is 11.1 Å². The molecule has 0 aliphatic carbocycles. The van der Waals surface area contributed by atoms with Crippen molar-refractivity contribution in [2.45, 2.75) is 31.7 Å². The number of aryl methyl sites for hydroxylation is 2. The number of amides is 2. The number of primary amides is 1. The van der Waals surface area contributed by atoms with Crippen molar-refractivity contribution in [1.29, 1.82) is 0 Å². The van der Waals surface area contributed by atoms with Crippen molar-refractivity contribution < 1.29 is 22.5 Å². The molecular weight excluding hydrogens is 418 g/mol. The van der Waals surface area contributed by atoms with E-state index in [1.165, 1.54) is 15.6 Å². The van der Waals surface area contributed by atoms with Gasteiger partial charge in [-0.15, -0.1) is 11.3 Å². The van der Waals surface area contributed by atoms with Crippen LogP contribution in [0.15, 0.2) is 20.9 Å². The molecule has 158 valence electrons. The zero-order valence-corrected chi connectivity index (χ0v) is 18.0. The molecule has 1 atom stereocenters. The second-order valence-corrected chi connectivity index (χ2v) is 9.58. The Balaban J connectivity index is 1.63. The van der Waals surface area contributed by atoms with Crippen LogP contribution in [0.1, 0.15) is 28.7 Å². The predicted molar refractivity (Wildman–Crippen MR) is 107 cm³/mol. The molecule has 0 radical (unpaired) electrons. The molecule has 1 aliphatic rings. The number of nitrogens with one attached hydrogen (secondary N) is 1.